The van der Waals surface area contributed by atoms with E-state index in [1.54, 1.807) is 14.2 Å². The Kier molecular flexibility index (Phi) is 14.6. The van der Waals surface area contributed by atoms with Crippen LogP contribution in [-0.4, -0.2) is 99.4 Å². The lowest BCUT2D eigenvalue weighted by atomic mass is 9.93. The summed E-state index contributed by atoms with van der Waals surface area (Å²) in [6, 6.07) is 23.8. The fraction of sp³-hybridized carbons (Fsp3) is 0.400. The molecule has 1 aliphatic carbocycles. The highest BCUT2D eigenvalue weighted by Gasteiger charge is 2.23. The van der Waals surface area contributed by atoms with Gasteiger partial charge in [0.15, 0.2) is 0 Å². The molecule has 58 heavy (non-hydrogen) atoms. The molecule has 6 rings (SSSR count). The largest absolute Gasteiger partial charge is 0.488 e. The summed E-state index contributed by atoms with van der Waals surface area (Å²) < 4.78 is 46.6. The number of hydrogen-bond donors (Lipinski definition) is 0. The number of carbonyl (C=O) groups is 2. The molecular formula is C45H53N3O10. The summed E-state index contributed by atoms with van der Waals surface area (Å²) in [7, 11) is 6.05. The molecule has 1 unspecified atom stereocenters. The van der Waals surface area contributed by atoms with Gasteiger partial charge in [-0.15, -0.1) is 0 Å². The van der Waals surface area contributed by atoms with Crippen LogP contribution >= 0.6 is 0 Å². The molecule has 0 aromatic heterocycles. The average Bonchev–Trinajstić information content (AvgIpc) is 3.23. The van der Waals surface area contributed by atoms with Crippen molar-refractivity contribution < 1.29 is 47.2 Å². The first-order valence-electron chi connectivity index (χ1n) is 19.4. The van der Waals surface area contributed by atoms with Gasteiger partial charge < -0.3 is 47.4 Å². The molecule has 13 heteroatoms. The molecule has 3 aliphatic rings. The summed E-state index contributed by atoms with van der Waals surface area (Å²) in [6.07, 6.45) is 0.467. The number of rotatable bonds is 13. The van der Waals surface area contributed by atoms with Gasteiger partial charge in [-0.1, -0.05) is 24.3 Å². The van der Waals surface area contributed by atoms with Gasteiger partial charge in [0.25, 0.3) is 0 Å². The normalized spacial score (nSPS) is 14.3. The second-order valence-electron chi connectivity index (χ2n) is 14.2. The Morgan fingerprint density at radius 1 is 0.741 bits per heavy atom. The van der Waals surface area contributed by atoms with Crippen molar-refractivity contribution in [1.29, 1.82) is 0 Å². The maximum absolute atomic E-state index is 12.3. The van der Waals surface area contributed by atoms with E-state index in [0.717, 1.165) is 50.3 Å². The second-order valence-corrected chi connectivity index (χ2v) is 14.2. The van der Waals surface area contributed by atoms with E-state index in [1.165, 1.54) is 14.2 Å². The summed E-state index contributed by atoms with van der Waals surface area (Å²) in [5, 5.41) is 1.54. The van der Waals surface area contributed by atoms with Gasteiger partial charge in [0.1, 0.15) is 49.5 Å². The van der Waals surface area contributed by atoms with Crippen LogP contribution in [-0.2, 0) is 33.3 Å². The average molecular weight is 796 g/mol. The number of nitrogens with zero attached hydrogens (tertiary/aromatic N) is 3. The minimum Gasteiger partial charge on any atom is -0.488 e. The zero-order valence-electron chi connectivity index (χ0n) is 34.2. The van der Waals surface area contributed by atoms with Crippen LogP contribution in [0.2, 0.25) is 0 Å². The lowest BCUT2D eigenvalue weighted by Crippen LogP contribution is -2.35. The first kappa shape index (κ1) is 42.0. The van der Waals surface area contributed by atoms with Crippen LogP contribution in [0.1, 0.15) is 30.4 Å². The van der Waals surface area contributed by atoms with Gasteiger partial charge in [0, 0.05) is 56.3 Å². The number of esters is 2. The van der Waals surface area contributed by atoms with Gasteiger partial charge in [-0.25, -0.2) is 0 Å². The smallest absolute Gasteiger partial charge is 0.307 e. The molecule has 308 valence electrons. The Balaban J connectivity index is 1.43. The summed E-state index contributed by atoms with van der Waals surface area (Å²) >= 11 is 0. The molecule has 2 heterocycles. The van der Waals surface area contributed by atoms with Crippen molar-refractivity contribution in [2.24, 2.45) is 4.99 Å². The number of ether oxygens (including phenoxy) is 7. The van der Waals surface area contributed by atoms with E-state index < -0.39 is 12.0 Å². The molecule has 0 radical (unpaired) electrons. The summed E-state index contributed by atoms with van der Waals surface area (Å²) in [5.41, 5.74) is 7.36. The molecular weight excluding hydrogens is 743 g/mol. The van der Waals surface area contributed by atoms with Crippen molar-refractivity contribution in [2.45, 2.75) is 39.2 Å². The van der Waals surface area contributed by atoms with Crippen LogP contribution < -0.4 is 24.6 Å². The summed E-state index contributed by atoms with van der Waals surface area (Å²) in [5.74, 6) is 1.24. The van der Waals surface area contributed by atoms with Crippen LogP contribution in [0.25, 0.3) is 33.4 Å². The van der Waals surface area contributed by atoms with Crippen LogP contribution in [0, 0.1) is 13.8 Å². The van der Waals surface area contributed by atoms with E-state index in [9.17, 15) is 9.59 Å². The van der Waals surface area contributed by atoms with Crippen LogP contribution in [0.4, 0.5) is 11.4 Å². The fourth-order valence-electron chi connectivity index (χ4n) is 6.98. The molecule has 0 saturated heterocycles. The van der Waals surface area contributed by atoms with Crippen molar-refractivity contribution in [3.05, 3.63) is 89.3 Å². The zero-order chi connectivity index (χ0) is 41.0. The van der Waals surface area contributed by atoms with E-state index in [4.69, 9.17) is 42.6 Å². The first-order valence-corrected chi connectivity index (χ1v) is 19.4. The molecule has 0 bridgehead atoms. The maximum Gasteiger partial charge on any atom is 0.307 e. The van der Waals surface area contributed by atoms with E-state index >= 15 is 0 Å². The molecule has 3 aromatic rings. The number of anilines is 2. The van der Waals surface area contributed by atoms with Gasteiger partial charge in [0.05, 0.1) is 56.6 Å². The van der Waals surface area contributed by atoms with E-state index in [0.29, 0.717) is 75.1 Å². The molecule has 0 saturated carbocycles. The Labute approximate surface area is 339 Å². The Bertz CT molecular complexity index is 2220. The van der Waals surface area contributed by atoms with Crippen molar-refractivity contribution >= 4 is 34.3 Å². The van der Waals surface area contributed by atoms with Crippen LogP contribution in [0.15, 0.2) is 82.2 Å². The van der Waals surface area contributed by atoms with E-state index in [2.05, 4.69) is 52.3 Å². The molecule has 0 fully saturated rings. The standard InChI is InChI=1S/C45H53N3O10/c1-30-7-12-35-39(23-30)58-40-26-33(46-34(27-44(50)54-6)11-16-43(49)53-5)10-13-36(40)45(35)32-9-15-38-42(25-32)57-22-21-56-41-24-31(2)8-14-37(41)47(17-19-51-3)28-55-29-48(38)18-20-52-4/h7-10,12-15,23-26,34H,11,16-22,27-29H2,1-6H3/b46-33+. The monoisotopic (exact) mass is 795 g/mol. The van der Waals surface area contributed by atoms with Crippen molar-refractivity contribution in [3.8, 4) is 33.9 Å². The number of carbonyl (C=O) groups excluding carboxylic acids is 2. The van der Waals surface area contributed by atoms with Gasteiger partial charge in [0.2, 0.25) is 0 Å². The molecule has 0 N–H and O–H groups in total. The van der Waals surface area contributed by atoms with Crippen LogP contribution in [0.3, 0.4) is 0 Å². The second kappa shape index (κ2) is 20.2. The Hall–Kier alpha value is -5.63. The molecule has 0 spiro atoms. The molecule has 0 amide bonds. The third kappa shape index (κ3) is 10.5. The van der Waals surface area contributed by atoms with Crippen molar-refractivity contribution in [3.63, 3.8) is 0 Å². The molecule has 13 nitrogen and oxygen atoms in total. The van der Waals surface area contributed by atoms with E-state index in [-0.39, 0.29) is 25.5 Å². The molecule has 1 atom stereocenters. The first-order chi connectivity index (χ1) is 28.2. The number of benzene rings is 4. The van der Waals surface area contributed by atoms with E-state index in [1.807, 2.05) is 44.2 Å². The number of aryl methyl sites for hydroxylation is 2. The van der Waals surface area contributed by atoms with Gasteiger partial charge >= 0.3 is 11.9 Å². The highest BCUT2D eigenvalue weighted by Crippen LogP contribution is 2.43. The number of fused-ring (bicyclic) bond motifs is 4. The highest BCUT2D eigenvalue weighted by atomic mass is 16.5. The Morgan fingerprint density at radius 3 is 2.05 bits per heavy atom. The van der Waals surface area contributed by atoms with Crippen molar-refractivity contribution in [1.82, 2.24) is 0 Å². The quantitative estimate of drug-likeness (QED) is 0.0907. The Morgan fingerprint density at radius 2 is 1.38 bits per heavy atom. The number of hydrogen-bond acceptors (Lipinski definition) is 13. The lowest BCUT2D eigenvalue weighted by Gasteiger charge is -2.30. The third-order valence-corrected chi connectivity index (χ3v) is 10.0. The lowest BCUT2D eigenvalue weighted by molar-refractivity contribution is -0.143. The minimum atomic E-state index is -0.497. The zero-order valence-corrected chi connectivity index (χ0v) is 34.2. The maximum atomic E-state index is 12.3. The van der Waals surface area contributed by atoms with Crippen LogP contribution in [0.5, 0.6) is 11.5 Å². The fourth-order valence-corrected chi connectivity index (χ4v) is 6.98. The predicted octanol–water partition coefficient (Wildman–Crippen LogP) is 6.92. The van der Waals surface area contributed by atoms with Gasteiger partial charge in [-0.05, 0) is 79.4 Å². The summed E-state index contributed by atoms with van der Waals surface area (Å²) in [6.45, 7) is 7.46. The topological polar surface area (TPSA) is 131 Å². The molecule has 2 aliphatic heterocycles. The highest BCUT2D eigenvalue weighted by molar-refractivity contribution is 6.02. The van der Waals surface area contributed by atoms with Crippen molar-refractivity contribution in [2.75, 3.05) is 91.2 Å². The third-order valence-electron chi connectivity index (χ3n) is 10.0. The minimum absolute atomic E-state index is 0.0235. The summed E-state index contributed by atoms with van der Waals surface area (Å²) in [4.78, 5) is 33.3. The number of methoxy groups -OCH3 is 4. The van der Waals surface area contributed by atoms with Gasteiger partial charge in [-0.2, -0.15) is 0 Å². The SMILES string of the molecule is COCCN1COCN(CCOC)c2ccc(-c3c4cc/c(=N\C(CCC(=O)OC)CC(=O)OC)cc-4oc4cc(C)ccc34)cc2OCCOc2cc(C)ccc21. The molecule has 3 aromatic carbocycles. The van der Waals surface area contributed by atoms with Gasteiger partial charge in [-0.3, -0.25) is 14.6 Å². The predicted molar refractivity (Wildman–Crippen MR) is 222 cm³/mol.